The van der Waals surface area contributed by atoms with Crippen molar-refractivity contribution in [2.24, 2.45) is 0 Å². The SMILES string of the molecule is CCCCCC(OC(=O)c1ccccc1)C(CCCCC)OC(=O)c1ccccc1. The van der Waals surface area contributed by atoms with E-state index in [0.29, 0.717) is 24.0 Å². The van der Waals surface area contributed by atoms with Crippen LogP contribution in [0.15, 0.2) is 60.7 Å². The number of esters is 2. The molecule has 2 aromatic carbocycles. The maximum absolute atomic E-state index is 12.7. The summed E-state index contributed by atoms with van der Waals surface area (Å²) in [5.74, 6) is -0.735. The molecule has 30 heavy (non-hydrogen) atoms. The normalized spacial score (nSPS) is 12.7. The van der Waals surface area contributed by atoms with E-state index < -0.39 is 12.2 Å². The molecule has 2 unspecified atom stereocenters. The van der Waals surface area contributed by atoms with Crippen molar-refractivity contribution in [1.82, 2.24) is 0 Å². The van der Waals surface area contributed by atoms with Gasteiger partial charge in [-0.05, 0) is 49.9 Å². The number of rotatable bonds is 13. The number of unbranched alkanes of at least 4 members (excludes halogenated alkanes) is 4. The van der Waals surface area contributed by atoms with Crippen LogP contribution in [0.3, 0.4) is 0 Å². The van der Waals surface area contributed by atoms with Gasteiger partial charge < -0.3 is 9.47 Å². The molecule has 0 heterocycles. The quantitative estimate of drug-likeness (QED) is 0.276. The van der Waals surface area contributed by atoms with Gasteiger partial charge in [-0.3, -0.25) is 0 Å². The van der Waals surface area contributed by atoms with E-state index in [0.717, 1.165) is 38.5 Å². The molecule has 0 spiro atoms. The van der Waals surface area contributed by atoms with Crippen molar-refractivity contribution in [3.8, 4) is 0 Å². The third-order valence-electron chi connectivity index (χ3n) is 5.13. The van der Waals surface area contributed by atoms with Crippen LogP contribution in [0.5, 0.6) is 0 Å². The van der Waals surface area contributed by atoms with E-state index in [9.17, 15) is 9.59 Å². The molecule has 4 nitrogen and oxygen atoms in total. The Labute approximate surface area is 180 Å². The Morgan fingerprint density at radius 1 is 0.633 bits per heavy atom. The van der Waals surface area contributed by atoms with E-state index in [1.165, 1.54) is 0 Å². The van der Waals surface area contributed by atoms with Crippen molar-refractivity contribution in [3.05, 3.63) is 71.8 Å². The van der Waals surface area contributed by atoms with Gasteiger partial charge in [0.25, 0.3) is 0 Å². The molecule has 0 amide bonds. The fourth-order valence-electron chi connectivity index (χ4n) is 3.39. The van der Waals surface area contributed by atoms with Crippen LogP contribution in [0.25, 0.3) is 0 Å². The van der Waals surface area contributed by atoms with Gasteiger partial charge in [0.1, 0.15) is 12.2 Å². The molecule has 2 rings (SSSR count). The Morgan fingerprint density at radius 3 is 1.33 bits per heavy atom. The lowest BCUT2D eigenvalue weighted by Crippen LogP contribution is -2.35. The molecule has 0 aliphatic heterocycles. The second-order valence-corrected chi connectivity index (χ2v) is 7.61. The minimum Gasteiger partial charge on any atom is -0.455 e. The van der Waals surface area contributed by atoms with Crippen molar-refractivity contribution in [2.75, 3.05) is 0 Å². The zero-order valence-electron chi connectivity index (χ0n) is 18.2. The lowest BCUT2D eigenvalue weighted by atomic mass is 10.00. The van der Waals surface area contributed by atoms with E-state index in [4.69, 9.17) is 9.47 Å². The van der Waals surface area contributed by atoms with Gasteiger partial charge in [-0.2, -0.15) is 0 Å². The molecule has 0 bridgehead atoms. The van der Waals surface area contributed by atoms with Crippen molar-refractivity contribution >= 4 is 11.9 Å². The molecule has 162 valence electrons. The van der Waals surface area contributed by atoms with E-state index in [-0.39, 0.29) is 11.9 Å². The van der Waals surface area contributed by atoms with Crippen LogP contribution in [0, 0.1) is 0 Å². The molecule has 0 aromatic heterocycles. The zero-order valence-corrected chi connectivity index (χ0v) is 18.2. The van der Waals surface area contributed by atoms with Gasteiger partial charge in [-0.25, -0.2) is 9.59 Å². The van der Waals surface area contributed by atoms with Crippen molar-refractivity contribution in [2.45, 2.75) is 77.4 Å². The standard InChI is InChI=1S/C26H34O4/c1-3-5-9-19-23(29-25(27)21-15-11-7-12-16-21)24(20-10-6-4-2)30-26(28)22-17-13-8-14-18-22/h7-8,11-18,23-24H,3-6,9-10,19-20H2,1-2H3. The third-order valence-corrected chi connectivity index (χ3v) is 5.13. The average Bonchev–Trinajstić information content (AvgIpc) is 2.79. The third kappa shape index (κ3) is 8.02. The molecule has 0 fully saturated rings. The molecular formula is C26H34O4. The van der Waals surface area contributed by atoms with Gasteiger partial charge in [0.05, 0.1) is 11.1 Å². The highest BCUT2D eigenvalue weighted by molar-refractivity contribution is 5.90. The zero-order chi connectivity index (χ0) is 21.6. The van der Waals surface area contributed by atoms with Crippen LogP contribution in [0.1, 0.15) is 85.9 Å². The van der Waals surface area contributed by atoms with E-state index in [1.54, 1.807) is 24.3 Å². The van der Waals surface area contributed by atoms with E-state index in [1.807, 2.05) is 36.4 Å². The second kappa shape index (κ2) is 13.6. The Bertz CT molecular complexity index is 677. The maximum Gasteiger partial charge on any atom is 0.338 e. The van der Waals surface area contributed by atoms with E-state index >= 15 is 0 Å². The van der Waals surface area contributed by atoms with Gasteiger partial charge in [-0.1, -0.05) is 75.9 Å². The summed E-state index contributed by atoms with van der Waals surface area (Å²) < 4.78 is 11.8. The Hall–Kier alpha value is -2.62. The van der Waals surface area contributed by atoms with Gasteiger partial charge in [-0.15, -0.1) is 0 Å². The summed E-state index contributed by atoms with van der Waals surface area (Å²) >= 11 is 0. The van der Waals surface area contributed by atoms with Crippen LogP contribution in [0.4, 0.5) is 0 Å². The van der Waals surface area contributed by atoms with Crippen LogP contribution in [-0.4, -0.2) is 24.1 Å². The van der Waals surface area contributed by atoms with Gasteiger partial charge in [0, 0.05) is 0 Å². The monoisotopic (exact) mass is 410 g/mol. The average molecular weight is 411 g/mol. The first-order valence-electron chi connectivity index (χ1n) is 11.2. The first-order valence-corrected chi connectivity index (χ1v) is 11.2. The smallest absolute Gasteiger partial charge is 0.338 e. The Balaban J connectivity index is 2.16. The second-order valence-electron chi connectivity index (χ2n) is 7.61. The first kappa shape index (κ1) is 23.7. The summed E-state index contributed by atoms with van der Waals surface area (Å²) in [6.07, 6.45) is 6.57. The van der Waals surface area contributed by atoms with E-state index in [2.05, 4.69) is 13.8 Å². The molecule has 0 saturated heterocycles. The molecule has 0 aliphatic rings. The minimum atomic E-state index is -0.450. The maximum atomic E-state index is 12.7. The number of benzene rings is 2. The van der Waals surface area contributed by atoms with Gasteiger partial charge in [0.15, 0.2) is 0 Å². The van der Waals surface area contributed by atoms with Crippen LogP contribution in [0.2, 0.25) is 0 Å². The number of hydrogen-bond donors (Lipinski definition) is 0. The molecule has 0 N–H and O–H groups in total. The summed E-state index contributed by atoms with van der Waals surface area (Å²) in [7, 11) is 0. The summed E-state index contributed by atoms with van der Waals surface area (Å²) in [6.45, 7) is 4.28. The number of carbonyl (C=O) groups excluding carboxylic acids is 2. The molecule has 2 aromatic rings. The first-order chi connectivity index (χ1) is 14.7. The molecule has 2 atom stereocenters. The van der Waals surface area contributed by atoms with Crippen LogP contribution < -0.4 is 0 Å². The summed E-state index contributed by atoms with van der Waals surface area (Å²) in [4.78, 5) is 25.4. The van der Waals surface area contributed by atoms with Crippen molar-refractivity contribution < 1.29 is 19.1 Å². The fraction of sp³-hybridized carbons (Fsp3) is 0.462. The molecular weight excluding hydrogens is 376 g/mol. The van der Waals surface area contributed by atoms with Crippen molar-refractivity contribution in [3.63, 3.8) is 0 Å². The van der Waals surface area contributed by atoms with Crippen LogP contribution >= 0.6 is 0 Å². The highest BCUT2D eigenvalue weighted by Crippen LogP contribution is 2.22. The van der Waals surface area contributed by atoms with Crippen LogP contribution in [-0.2, 0) is 9.47 Å². The minimum absolute atomic E-state index is 0.367. The fourth-order valence-corrected chi connectivity index (χ4v) is 3.39. The topological polar surface area (TPSA) is 52.6 Å². The highest BCUT2D eigenvalue weighted by atomic mass is 16.6. The number of ether oxygens (including phenoxy) is 2. The van der Waals surface area contributed by atoms with Gasteiger partial charge >= 0.3 is 11.9 Å². The number of carbonyl (C=O) groups is 2. The summed E-state index contributed by atoms with van der Waals surface area (Å²) in [5, 5.41) is 0. The molecule has 0 aliphatic carbocycles. The summed E-state index contributed by atoms with van der Waals surface area (Å²) in [5.41, 5.74) is 1.03. The predicted molar refractivity (Wildman–Crippen MR) is 120 cm³/mol. The molecule has 0 radical (unpaired) electrons. The number of hydrogen-bond acceptors (Lipinski definition) is 4. The lowest BCUT2D eigenvalue weighted by Gasteiger charge is -2.27. The summed E-state index contributed by atoms with van der Waals surface area (Å²) in [6, 6.07) is 18.0. The largest absolute Gasteiger partial charge is 0.455 e. The molecule has 4 heteroatoms. The molecule has 0 saturated carbocycles. The predicted octanol–water partition coefficient (Wildman–Crippen LogP) is 6.60. The van der Waals surface area contributed by atoms with Crippen molar-refractivity contribution in [1.29, 1.82) is 0 Å². The lowest BCUT2D eigenvalue weighted by molar-refractivity contribution is -0.0424. The Kier molecular flexibility index (Phi) is 10.7. The highest BCUT2D eigenvalue weighted by Gasteiger charge is 2.29. The van der Waals surface area contributed by atoms with Gasteiger partial charge in [0.2, 0.25) is 0 Å². The Morgan fingerprint density at radius 2 is 1.00 bits per heavy atom.